The summed E-state index contributed by atoms with van der Waals surface area (Å²) in [6, 6.07) is 21.4. The molecule has 0 aromatic heterocycles. The van der Waals surface area contributed by atoms with Crippen LogP contribution in [0.15, 0.2) is 71.8 Å². The van der Waals surface area contributed by atoms with Crippen LogP contribution in [0.4, 0.5) is 0 Å². The number of methoxy groups -OCH3 is 1. The molecular formula is C27H30N2O4. The molecule has 0 unspecified atom stereocenters. The summed E-state index contributed by atoms with van der Waals surface area (Å²) in [4.78, 5) is 12.0. The van der Waals surface area contributed by atoms with Crippen LogP contribution in [0, 0.1) is 6.92 Å². The molecule has 6 heteroatoms. The van der Waals surface area contributed by atoms with E-state index in [9.17, 15) is 4.79 Å². The van der Waals surface area contributed by atoms with E-state index in [4.69, 9.17) is 14.2 Å². The van der Waals surface area contributed by atoms with Crippen molar-refractivity contribution in [3.8, 4) is 17.2 Å². The first-order valence-electron chi connectivity index (χ1n) is 11.0. The Hall–Kier alpha value is -3.80. The molecule has 1 N–H and O–H groups in total. The lowest BCUT2D eigenvalue weighted by Crippen LogP contribution is -2.24. The molecule has 3 aromatic rings. The third-order valence-corrected chi connectivity index (χ3v) is 4.94. The van der Waals surface area contributed by atoms with E-state index in [0.717, 1.165) is 24.0 Å². The molecule has 6 nitrogen and oxygen atoms in total. The Morgan fingerprint density at radius 3 is 2.36 bits per heavy atom. The van der Waals surface area contributed by atoms with Crippen LogP contribution >= 0.6 is 0 Å². The number of hydrogen-bond donors (Lipinski definition) is 1. The molecule has 3 aromatic carbocycles. The molecule has 0 saturated heterocycles. The van der Waals surface area contributed by atoms with Crippen molar-refractivity contribution >= 4 is 12.1 Å². The van der Waals surface area contributed by atoms with E-state index in [1.165, 1.54) is 11.1 Å². The maximum atomic E-state index is 12.0. The summed E-state index contributed by atoms with van der Waals surface area (Å²) in [7, 11) is 1.59. The Morgan fingerprint density at radius 2 is 1.67 bits per heavy atom. The molecule has 0 aliphatic heterocycles. The predicted octanol–water partition coefficient (Wildman–Crippen LogP) is 5.06. The third-order valence-electron chi connectivity index (χ3n) is 4.94. The molecule has 0 bridgehead atoms. The van der Waals surface area contributed by atoms with E-state index in [2.05, 4.69) is 36.5 Å². The fourth-order valence-electron chi connectivity index (χ4n) is 3.13. The van der Waals surface area contributed by atoms with Gasteiger partial charge in [0.15, 0.2) is 18.1 Å². The Kier molecular flexibility index (Phi) is 8.88. The maximum absolute atomic E-state index is 12.0. The molecule has 3 rings (SSSR count). The van der Waals surface area contributed by atoms with Gasteiger partial charge in [0.25, 0.3) is 5.91 Å². The van der Waals surface area contributed by atoms with Gasteiger partial charge in [-0.3, -0.25) is 4.79 Å². The van der Waals surface area contributed by atoms with Gasteiger partial charge in [0, 0.05) is 0 Å². The normalized spacial score (nSPS) is 10.8. The predicted molar refractivity (Wildman–Crippen MR) is 130 cm³/mol. The van der Waals surface area contributed by atoms with Crippen molar-refractivity contribution in [2.45, 2.75) is 33.3 Å². The van der Waals surface area contributed by atoms with E-state index in [1.807, 2.05) is 48.5 Å². The maximum Gasteiger partial charge on any atom is 0.277 e. The zero-order chi connectivity index (χ0) is 23.5. The zero-order valence-electron chi connectivity index (χ0n) is 19.3. The smallest absolute Gasteiger partial charge is 0.277 e. The molecule has 33 heavy (non-hydrogen) atoms. The molecule has 0 aliphatic rings. The van der Waals surface area contributed by atoms with Gasteiger partial charge in [-0.1, -0.05) is 55.3 Å². The number of benzene rings is 3. The average Bonchev–Trinajstić information content (AvgIpc) is 2.84. The lowest BCUT2D eigenvalue weighted by molar-refractivity contribution is -0.123. The minimum absolute atomic E-state index is 0.112. The van der Waals surface area contributed by atoms with Crippen LogP contribution in [0.3, 0.4) is 0 Å². The fourth-order valence-corrected chi connectivity index (χ4v) is 3.13. The second kappa shape index (κ2) is 12.3. The van der Waals surface area contributed by atoms with E-state index in [1.54, 1.807) is 19.4 Å². The highest BCUT2D eigenvalue weighted by Crippen LogP contribution is 2.28. The number of hydrogen-bond acceptors (Lipinski definition) is 5. The quantitative estimate of drug-likeness (QED) is 0.330. The first-order chi connectivity index (χ1) is 16.1. The number of carbonyl (C=O) groups excluding carboxylic acids is 1. The molecule has 0 aliphatic carbocycles. The lowest BCUT2D eigenvalue weighted by Gasteiger charge is -2.11. The number of nitrogens with one attached hydrogen (secondary N) is 1. The number of ether oxygens (including phenoxy) is 3. The van der Waals surface area contributed by atoms with Crippen LogP contribution in [0.2, 0.25) is 0 Å². The van der Waals surface area contributed by atoms with Gasteiger partial charge in [-0.25, -0.2) is 5.43 Å². The summed E-state index contributed by atoms with van der Waals surface area (Å²) in [6.45, 7) is 4.52. The summed E-state index contributed by atoms with van der Waals surface area (Å²) < 4.78 is 16.8. The van der Waals surface area contributed by atoms with Crippen molar-refractivity contribution in [3.05, 3.63) is 89.0 Å². The Morgan fingerprint density at radius 1 is 0.939 bits per heavy atom. The van der Waals surface area contributed by atoms with Crippen LogP contribution in [0.25, 0.3) is 0 Å². The van der Waals surface area contributed by atoms with Gasteiger partial charge in [-0.2, -0.15) is 5.10 Å². The van der Waals surface area contributed by atoms with Gasteiger partial charge in [0.05, 0.1) is 13.3 Å². The average molecular weight is 447 g/mol. The first-order valence-corrected chi connectivity index (χ1v) is 11.0. The van der Waals surface area contributed by atoms with E-state index in [-0.39, 0.29) is 12.5 Å². The Balaban J connectivity index is 1.48. The van der Waals surface area contributed by atoms with Crippen molar-refractivity contribution in [3.63, 3.8) is 0 Å². The van der Waals surface area contributed by atoms with Gasteiger partial charge < -0.3 is 14.2 Å². The molecule has 0 heterocycles. The van der Waals surface area contributed by atoms with Crippen molar-refractivity contribution in [1.82, 2.24) is 5.43 Å². The zero-order valence-corrected chi connectivity index (χ0v) is 19.3. The monoisotopic (exact) mass is 446 g/mol. The minimum atomic E-state index is -0.339. The number of hydrazone groups is 1. The highest BCUT2D eigenvalue weighted by atomic mass is 16.5. The molecule has 1 amide bonds. The van der Waals surface area contributed by atoms with Crippen LogP contribution in [0.1, 0.15) is 35.6 Å². The topological polar surface area (TPSA) is 69.2 Å². The highest BCUT2D eigenvalue weighted by molar-refractivity contribution is 5.83. The molecular weight excluding hydrogens is 416 g/mol. The van der Waals surface area contributed by atoms with Crippen LogP contribution in [0.5, 0.6) is 17.2 Å². The van der Waals surface area contributed by atoms with E-state index < -0.39 is 0 Å². The Labute approximate surface area is 195 Å². The summed E-state index contributed by atoms with van der Waals surface area (Å²) in [5, 5.41) is 4.00. The number of aryl methyl sites for hydroxylation is 2. The molecule has 0 saturated carbocycles. The number of carbonyl (C=O) groups is 1. The SMILES string of the molecule is CCCc1ccc(OCC(=O)N/N=C/c2ccc(OCc3ccc(C)cc3)c(OC)c2)cc1. The van der Waals surface area contributed by atoms with Crippen molar-refractivity contribution < 1.29 is 19.0 Å². The molecule has 0 atom stereocenters. The minimum Gasteiger partial charge on any atom is -0.493 e. The van der Waals surface area contributed by atoms with Crippen molar-refractivity contribution in [2.24, 2.45) is 5.10 Å². The standard InChI is InChI=1S/C27H30N2O4/c1-4-5-21-10-13-24(14-11-21)32-19-27(30)29-28-17-23-12-15-25(26(16-23)31-3)33-18-22-8-6-20(2)7-9-22/h6-17H,4-5,18-19H2,1-3H3,(H,29,30)/b28-17+. The van der Waals surface area contributed by atoms with Crippen LogP contribution in [-0.4, -0.2) is 25.8 Å². The van der Waals surface area contributed by atoms with E-state index >= 15 is 0 Å². The van der Waals surface area contributed by atoms with Gasteiger partial charge in [-0.15, -0.1) is 0 Å². The van der Waals surface area contributed by atoms with Crippen LogP contribution < -0.4 is 19.6 Å². The lowest BCUT2D eigenvalue weighted by atomic mass is 10.1. The first kappa shape index (κ1) is 23.9. The largest absolute Gasteiger partial charge is 0.493 e. The summed E-state index contributed by atoms with van der Waals surface area (Å²) >= 11 is 0. The van der Waals surface area contributed by atoms with Gasteiger partial charge in [0.2, 0.25) is 0 Å². The van der Waals surface area contributed by atoms with Crippen LogP contribution in [-0.2, 0) is 17.8 Å². The number of rotatable bonds is 11. The third kappa shape index (κ3) is 7.68. The summed E-state index contributed by atoms with van der Waals surface area (Å²) in [5.41, 5.74) is 6.77. The summed E-state index contributed by atoms with van der Waals surface area (Å²) in [5.74, 6) is 1.54. The van der Waals surface area contributed by atoms with E-state index in [0.29, 0.717) is 23.9 Å². The molecule has 172 valence electrons. The highest BCUT2D eigenvalue weighted by Gasteiger charge is 2.06. The fraction of sp³-hybridized carbons (Fsp3) is 0.259. The van der Waals surface area contributed by atoms with Gasteiger partial charge >= 0.3 is 0 Å². The molecule has 0 radical (unpaired) electrons. The number of nitrogens with zero attached hydrogens (tertiary/aromatic N) is 1. The van der Waals surface area contributed by atoms with Crippen molar-refractivity contribution in [1.29, 1.82) is 0 Å². The number of amides is 1. The molecule has 0 fully saturated rings. The second-order valence-electron chi connectivity index (χ2n) is 7.66. The Bertz CT molecular complexity index is 1060. The van der Waals surface area contributed by atoms with Gasteiger partial charge in [0.1, 0.15) is 12.4 Å². The second-order valence-corrected chi connectivity index (χ2v) is 7.66. The summed E-state index contributed by atoms with van der Waals surface area (Å²) in [6.07, 6.45) is 3.67. The molecule has 0 spiro atoms. The van der Waals surface area contributed by atoms with Gasteiger partial charge in [-0.05, 0) is 60.4 Å². The van der Waals surface area contributed by atoms with Crippen molar-refractivity contribution in [2.75, 3.05) is 13.7 Å².